The van der Waals surface area contributed by atoms with Crippen molar-refractivity contribution in [2.24, 2.45) is 0 Å². The van der Waals surface area contributed by atoms with Crippen LogP contribution in [0.4, 0.5) is 0 Å². The normalized spacial score (nSPS) is 9.84. The second-order valence-electron chi connectivity index (χ2n) is 4.16. The fraction of sp³-hybridized carbons (Fsp3) is 0.133. The van der Waals surface area contributed by atoms with Crippen LogP contribution in [-0.4, -0.2) is 17.1 Å². The number of hydrogen-bond acceptors (Lipinski definition) is 1. The van der Waals surface area contributed by atoms with E-state index in [0.29, 0.717) is 0 Å². The highest BCUT2D eigenvalue weighted by Crippen LogP contribution is 2.27. The van der Waals surface area contributed by atoms with Crippen LogP contribution < -0.4 is 0 Å². The number of rotatable bonds is 3. The van der Waals surface area contributed by atoms with Gasteiger partial charge < -0.3 is 4.90 Å². The molecule has 1 N–H and O–H groups in total. The lowest BCUT2D eigenvalue weighted by molar-refractivity contribution is 0.434. The molecule has 0 unspecified atom stereocenters. The molecular formula is C15H17IN2S. The Hall–Kier alpha value is -1.01. The summed E-state index contributed by atoms with van der Waals surface area (Å²) in [6.45, 7) is 0. The van der Waals surface area contributed by atoms with E-state index in [-0.39, 0.29) is 35.2 Å². The van der Waals surface area contributed by atoms with Gasteiger partial charge in [0.25, 0.3) is 0 Å². The van der Waals surface area contributed by atoms with Crippen LogP contribution in [0.2, 0.25) is 0 Å². The van der Waals surface area contributed by atoms with Crippen LogP contribution in [0.15, 0.2) is 60.7 Å². The predicted octanol–water partition coefficient (Wildman–Crippen LogP) is 4.19. The first-order valence-corrected chi connectivity index (χ1v) is 6.25. The summed E-state index contributed by atoms with van der Waals surface area (Å²) >= 11 is 4.14. The molecule has 0 amide bonds. The van der Waals surface area contributed by atoms with Gasteiger partial charge in [0.2, 0.25) is 0 Å². The molecule has 4 heteroatoms. The van der Waals surface area contributed by atoms with E-state index in [1.165, 1.54) is 0 Å². The topological polar surface area (TPSA) is 27.1 Å². The van der Waals surface area contributed by atoms with Gasteiger partial charge in [-0.3, -0.25) is 5.41 Å². The van der Waals surface area contributed by atoms with Gasteiger partial charge >= 0.3 is 0 Å². The van der Waals surface area contributed by atoms with E-state index < -0.39 is 0 Å². The van der Waals surface area contributed by atoms with Crippen molar-refractivity contribution in [1.29, 1.82) is 5.41 Å². The second-order valence-corrected chi connectivity index (χ2v) is 4.58. The van der Waals surface area contributed by atoms with E-state index in [2.05, 4.69) is 36.9 Å². The fourth-order valence-corrected chi connectivity index (χ4v) is 2.15. The lowest BCUT2D eigenvalue weighted by atomic mass is 9.98. The second kappa shape index (κ2) is 7.55. The first-order valence-electron chi connectivity index (χ1n) is 5.80. The molecule has 0 radical (unpaired) electrons. The first-order chi connectivity index (χ1) is 8.70. The highest BCUT2D eigenvalue weighted by Gasteiger charge is 2.19. The highest BCUT2D eigenvalue weighted by atomic mass is 127. The van der Waals surface area contributed by atoms with E-state index >= 15 is 0 Å². The molecule has 0 aliphatic heterocycles. The van der Waals surface area contributed by atoms with Crippen LogP contribution in [0, 0.1) is 5.41 Å². The SMILES string of the molecule is CN(C(=N)S)C(c1ccccc1)c1ccccc1.I. The Morgan fingerprint density at radius 2 is 1.32 bits per heavy atom. The third-order valence-corrected chi connectivity index (χ3v) is 3.27. The van der Waals surface area contributed by atoms with Gasteiger partial charge in [-0.15, -0.1) is 36.6 Å². The van der Waals surface area contributed by atoms with Crippen molar-refractivity contribution in [3.05, 3.63) is 71.8 Å². The maximum Gasteiger partial charge on any atom is 0.153 e. The van der Waals surface area contributed by atoms with Gasteiger partial charge in [-0.2, -0.15) is 0 Å². The van der Waals surface area contributed by atoms with E-state index in [4.69, 9.17) is 5.41 Å². The first kappa shape index (κ1) is 16.0. The van der Waals surface area contributed by atoms with Gasteiger partial charge in [-0.1, -0.05) is 60.7 Å². The summed E-state index contributed by atoms with van der Waals surface area (Å²) in [5.41, 5.74) is 2.31. The molecular weight excluding hydrogens is 367 g/mol. The minimum atomic E-state index is 0. The number of nitrogens with zero attached hydrogens (tertiary/aromatic N) is 1. The van der Waals surface area contributed by atoms with Crippen molar-refractivity contribution in [3.8, 4) is 0 Å². The molecule has 2 rings (SSSR count). The van der Waals surface area contributed by atoms with Crippen molar-refractivity contribution < 1.29 is 0 Å². The molecule has 0 aliphatic carbocycles. The van der Waals surface area contributed by atoms with E-state index in [1.54, 1.807) is 0 Å². The molecule has 0 saturated carbocycles. The lowest BCUT2D eigenvalue weighted by Crippen LogP contribution is -2.28. The molecule has 19 heavy (non-hydrogen) atoms. The zero-order chi connectivity index (χ0) is 13.0. The number of nitrogens with one attached hydrogen (secondary N) is 1. The highest BCUT2D eigenvalue weighted by molar-refractivity contribution is 14.0. The largest absolute Gasteiger partial charge is 0.344 e. The van der Waals surface area contributed by atoms with Crippen molar-refractivity contribution in [3.63, 3.8) is 0 Å². The minimum Gasteiger partial charge on any atom is -0.344 e. The zero-order valence-corrected chi connectivity index (χ0v) is 13.9. The summed E-state index contributed by atoms with van der Waals surface area (Å²) in [6, 6.07) is 20.4. The van der Waals surface area contributed by atoms with Gasteiger partial charge in [0.15, 0.2) is 5.17 Å². The Kier molecular flexibility index (Phi) is 6.37. The van der Waals surface area contributed by atoms with E-state index in [1.807, 2.05) is 48.3 Å². The fourth-order valence-electron chi connectivity index (χ4n) is 2.03. The Bertz CT molecular complexity index is 477. The van der Waals surface area contributed by atoms with Crippen LogP contribution in [-0.2, 0) is 0 Å². The molecule has 0 bridgehead atoms. The van der Waals surface area contributed by atoms with Gasteiger partial charge in [0.1, 0.15) is 0 Å². The summed E-state index contributed by atoms with van der Waals surface area (Å²) in [5.74, 6) is 0. The average Bonchev–Trinajstić information content (AvgIpc) is 2.41. The van der Waals surface area contributed by atoms with Crippen LogP contribution >= 0.6 is 36.6 Å². The van der Waals surface area contributed by atoms with E-state index in [0.717, 1.165) is 11.1 Å². The van der Waals surface area contributed by atoms with Gasteiger partial charge in [0.05, 0.1) is 6.04 Å². The number of halogens is 1. The van der Waals surface area contributed by atoms with Gasteiger partial charge in [-0.05, 0) is 11.1 Å². The van der Waals surface area contributed by atoms with E-state index in [9.17, 15) is 0 Å². The van der Waals surface area contributed by atoms with Crippen molar-refractivity contribution >= 4 is 41.8 Å². The monoisotopic (exact) mass is 384 g/mol. The summed E-state index contributed by atoms with van der Waals surface area (Å²) in [7, 11) is 1.89. The summed E-state index contributed by atoms with van der Waals surface area (Å²) in [5, 5.41) is 7.98. The van der Waals surface area contributed by atoms with Crippen molar-refractivity contribution in [2.75, 3.05) is 7.05 Å². The molecule has 2 aromatic carbocycles. The van der Waals surface area contributed by atoms with Crippen LogP contribution in [0.5, 0.6) is 0 Å². The molecule has 2 aromatic rings. The molecule has 2 nitrogen and oxygen atoms in total. The molecule has 0 aliphatic rings. The molecule has 0 spiro atoms. The predicted molar refractivity (Wildman–Crippen MR) is 94.6 cm³/mol. The van der Waals surface area contributed by atoms with Crippen molar-refractivity contribution in [2.45, 2.75) is 6.04 Å². The number of thiol groups is 1. The van der Waals surface area contributed by atoms with Crippen LogP contribution in [0.1, 0.15) is 17.2 Å². The molecule has 0 fully saturated rings. The molecule has 0 heterocycles. The standard InChI is InChI=1S/C15H16N2S.HI/c1-17(15(16)18)14(12-8-4-2-5-9-12)13-10-6-3-7-11-13;/h2-11,14H,1H3,(H2,16,18);1H. The smallest absolute Gasteiger partial charge is 0.153 e. The minimum absolute atomic E-state index is 0. The third-order valence-electron chi connectivity index (χ3n) is 2.95. The number of hydrogen-bond donors (Lipinski definition) is 2. The maximum absolute atomic E-state index is 7.72. The van der Waals surface area contributed by atoms with Gasteiger partial charge in [-0.25, -0.2) is 0 Å². The molecule has 0 aromatic heterocycles. The van der Waals surface area contributed by atoms with Crippen LogP contribution in [0.25, 0.3) is 0 Å². The van der Waals surface area contributed by atoms with Crippen LogP contribution in [0.3, 0.4) is 0 Å². The molecule has 0 atom stereocenters. The lowest BCUT2D eigenvalue weighted by Gasteiger charge is -2.29. The van der Waals surface area contributed by atoms with Gasteiger partial charge in [0, 0.05) is 7.05 Å². The Morgan fingerprint density at radius 1 is 0.947 bits per heavy atom. The zero-order valence-electron chi connectivity index (χ0n) is 10.7. The van der Waals surface area contributed by atoms with Crippen molar-refractivity contribution in [1.82, 2.24) is 4.90 Å². The number of benzene rings is 2. The Morgan fingerprint density at radius 3 is 1.63 bits per heavy atom. The Balaban J connectivity index is 0.00000180. The molecule has 100 valence electrons. The third kappa shape index (κ3) is 3.98. The summed E-state index contributed by atoms with van der Waals surface area (Å²) in [6.07, 6.45) is 0. The quantitative estimate of drug-likeness (QED) is 0.353. The Labute approximate surface area is 136 Å². The summed E-state index contributed by atoms with van der Waals surface area (Å²) < 4.78 is 0. The molecule has 0 saturated heterocycles. The number of amidine groups is 1. The average molecular weight is 384 g/mol. The maximum atomic E-state index is 7.72. The summed E-state index contributed by atoms with van der Waals surface area (Å²) in [4.78, 5) is 1.85.